The number of amides is 2. The maximum atomic E-state index is 12.5. The predicted octanol–water partition coefficient (Wildman–Crippen LogP) is 3.78. The average Bonchev–Trinajstić information content (AvgIpc) is 2.51. The van der Waals surface area contributed by atoms with Crippen LogP contribution in [-0.4, -0.2) is 36.3 Å². The normalized spacial score (nSPS) is 10.4. The SMILES string of the molecule is CCCCCN(CCC(=O)N(CC)c1cccc(C)c1)C(C)=O. The van der Waals surface area contributed by atoms with Crippen molar-refractivity contribution in [2.24, 2.45) is 0 Å². The second-order valence-electron chi connectivity index (χ2n) is 5.94. The zero-order chi connectivity index (χ0) is 17.2. The lowest BCUT2D eigenvalue weighted by Gasteiger charge is -2.25. The van der Waals surface area contributed by atoms with Gasteiger partial charge in [0, 0.05) is 38.7 Å². The first-order chi connectivity index (χ1) is 11.0. The lowest BCUT2D eigenvalue weighted by molar-refractivity contribution is -0.129. The zero-order valence-electron chi connectivity index (χ0n) is 15.0. The van der Waals surface area contributed by atoms with Crippen molar-refractivity contribution in [1.29, 1.82) is 0 Å². The van der Waals surface area contributed by atoms with E-state index >= 15 is 0 Å². The van der Waals surface area contributed by atoms with Crippen LogP contribution < -0.4 is 4.90 Å². The highest BCUT2D eigenvalue weighted by Gasteiger charge is 2.16. The van der Waals surface area contributed by atoms with Crippen molar-refractivity contribution >= 4 is 17.5 Å². The fourth-order valence-corrected chi connectivity index (χ4v) is 2.64. The van der Waals surface area contributed by atoms with E-state index in [1.807, 2.05) is 38.1 Å². The number of hydrogen-bond acceptors (Lipinski definition) is 2. The van der Waals surface area contributed by atoms with Crippen molar-refractivity contribution in [2.75, 3.05) is 24.5 Å². The van der Waals surface area contributed by atoms with Gasteiger partial charge in [0.1, 0.15) is 0 Å². The standard InChI is InChI=1S/C19H30N2O2/c1-5-7-8-13-20(17(4)22)14-12-19(23)21(6-2)18-11-9-10-16(3)15-18/h9-11,15H,5-8,12-14H2,1-4H3. The third kappa shape index (κ3) is 6.43. The second kappa shape index (κ2) is 10.0. The van der Waals surface area contributed by atoms with Crippen LogP contribution in [0.2, 0.25) is 0 Å². The van der Waals surface area contributed by atoms with Crippen LogP contribution in [0.1, 0.15) is 52.0 Å². The summed E-state index contributed by atoms with van der Waals surface area (Å²) in [7, 11) is 0. The van der Waals surface area contributed by atoms with Gasteiger partial charge in [-0.15, -0.1) is 0 Å². The Kier molecular flexibility index (Phi) is 8.38. The van der Waals surface area contributed by atoms with Gasteiger partial charge in [0.25, 0.3) is 0 Å². The molecule has 1 aromatic carbocycles. The van der Waals surface area contributed by atoms with E-state index in [1.54, 1.807) is 16.7 Å². The number of carbonyl (C=O) groups excluding carboxylic acids is 2. The van der Waals surface area contributed by atoms with Crippen molar-refractivity contribution in [2.45, 2.75) is 53.4 Å². The van der Waals surface area contributed by atoms with Crippen LogP contribution in [0.5, 0.6) is 0 Å². The van der Waals surface area contributed by atoms with E-state index in [-0.39, 0.29) is 11.8 Å². The first kappa shape index (κ1) is 19.2. The summed E-state index contributed by atoms with van der Waals surface area (Å²) in [5.74, 6) is 0.118. The van der Waals surface area contributed by atoms with E-state index in [1.165, 1.54) is 0 Å². The predicted molar refractivity (Wildman–Crippen MR) is 95.6 cm³/mol. The van der Waals surface area contributed by atoms with Crippen molar-refractivity contribution in [3.05, 3.63) is 29.8 Å². The highest BCUT2D eigenvalue weighted by Crippen LogP contribution is 2.17. The molecule has 0 radical (unpaired) electrons. The number of aryl methyl sites for hydroxylation is 1. The Hall–Kier alpha value is -1.84. The van der Waals surface area contributed by atoms with Gasteiger partial charge >= 0.3 is 0 Å². The van der Waals surface area contributed by atoms with Crippen molar-refractivity contribution in [1.82, 2.24) is 4.90 Å². The maximum absolute atomic E-state index is 12.5. The molecular formula is C19H30N2O2. The Morgan fingerprint density at radius 1 is 1.09 bits per heavy atom. The summed E-state index contributed by atoms with van der Waals surface area (Å²) in [5.41, 5.74) is 2.07. The van der Waals surface area contributed by atoms with Crippen LogP contribution in [0.15, 0.2) is 24.3 Å². The molecule has 0 unspecified atom stereocenters. The van der Waals surface area contributed by atoms with E-state index in [2.05, 4.69) is 6.92 Å². The first-order valence-electron chi connectivity index (χ1n) is 8.62. The quantitative estimate of drug-likeness (QED) is 0.650. The van der Waals surface area contributed by atoms with Gasteiger partial charge < -0.3 is 9.80 Å². The smallest absolute Gasteiger partial charge is 0.228 e. The minimum absolute atomic E-state index is 0.0486. The highest BCUT2D eigenvalue weighted by molar-refractivity contribution is 5.93. The molecule has 0 aliphatic carbocycles. The van der Waals surface area contributed by atoms with Gasteiger partial charge in [0.2, 0.25) is 11.8 Å². The molecule has 0 aliphatic rings. The molecule has 0 atom stereocenters. The number of benzene rings is 1. The fourth-order valence-electron chi connectivity index (χ4n) is 2.64. The number of unbranched alkanes of at least 4 members (excludes halogenated alkanes) is 2. The second-order valence-corrected chi connectivity index (χ2v) is 5.94. The van der Waals surface area contributed by atoms with E-state index in [4.69, 9.17) is 0 Å². The Labute approximate surface area is 140 Å². The van der Waals surface area contributed by atoms with Gasteiger partial charge in [-0.2, -0.15) is 0 Å². The van der Waals surface area contributed by atoms with Crippen molar-refractivity contribution in [3.8, 4) is 0 Å². The molecule has 4 heteroatoms. The van der Waals surface area contributed by atoms with Crippen molar-refractivity contribution in [3.63, 3.8) is 0 Å². The van der Waals surface area contributed by atoms with Crippen LogP contribution in [0, 0.1) is 6.92 Å². The highest BCUT2D eigenvalue weighted by atomic mass is 16.2. The van der Waals surface area contributed by atoms with Crippen molar-refractivity contribution < 1.29 is 9.59 Å². The monoisotopic (exact) mass is 318 g/mol. The lowest BCUT2D eigenvalue weighted by Crippen LogP contribution is -2.36. The Bertz CT molecular complexity index is 514. The molecule has 0 aliphatic heterocycles. The minimum atomic E-state index is 0.0486. The van der Waals surface area contributed by atoms with Gasteiger partial charge in [0.15, 0.2) is 0 Å². The van der Waals surface area contributed by atoms with Crippen LogP contribution in [-0.2, 0) is 9.59 Å². The van der Waals surface area contributed by atoms with Crippen LogP contribution in [0.3, 0.4) is 0 Å². The van der Waals surface area contributed by atoms with E-state index < -0.39 is 0 Å². The lowest BCUT2D eigenvalue weighted by atomic mass is 10.2. The molecule has 0 bridgehead atoms. The number of nitrogens with zero attached hydrogens (tertiary/aromatic N) is 2. The molecule has 0 aromatic heterocycles. The molecule has 128 valence electrons. The Balaban J connectivity index is 2.62. The average molecular weight is 318 g/mol. The van der Waals surface area contributed by atoms with Crippen LogP contribution >= 0.6 is 0 Å². The minimum Gasteiger partial charge on any atom is -0.342 e. The summed E-state index contributed by atoms with van der Waals surface area (Å²) in [5, 5.41) is 0. The van der Waals surface area contributed by atoms with Crippen LogP contribution in [0.4, 0.5) is 5.69 Å². The molecule has 2 amide bonds. The molecular weight excluding hydrogens is 288 g/mol. The summed E-state index contributed by atoms with van der Waals surface area (Å²) in [4.78, 5) is 27.8. The van der Waals surface area contributed by atoms with E-state index in [9.17, 15) is 9.59 Å². The third-order valence-corrected chi connectivity index (χ3v) is 4.00. The number of hydrogen-bond donors (Lipinski definition) is 0. The molecule has 4 nitrogen and oxygen atoms in total. The molecule has 0 saturated carbocycles. The van der Waals surface area contributed by atoms with Crippen LogP contribution in [0.25, 0.3) is 0 Å². The number of anilines is 1. The molecule has 0 saturated heterocycles. The molecule has 0 spiro atoms. The third-order valence-electron chi connectivity index (χ3n) is 4.00. The molecule has 1 aromatic rings. The zero-order valence-corrected chi connectivity index (χ0v) is 15.0. The summed E-state index contributed by atoms with van der Waals surface area (Å²) < 4.78 is 0. The summed E-state index contributed by atoms with van der Waals surface area (Å²) in [6, 6.07) is 7.96. The van der Waals surface area contributed by atoms with Gasteiger partial charge in [-0.25, -0.2) is 0 Å². The largest absolute Gasteiger partial charge is 0.342 e. The number of carbonyl (C=O) groups is 2. The Morgan fingerprint density at radius 2 is 1.83 bits per heavy atom. The van der Waals surface area contributed by atoms with Gasteiger partial charge in [0.05, 0.1) is 0 Å². The summed E-state index contributed by atoms with van der Waals surface area (Å²) in [6.07, 6.45) is 3.61. The maximum Gasteiger partial charge on any atom is 0.228 e. The van der Waals surface area contributed by atoms with Gasteiger partial charge in [-0.3, -0.25) is 9.59 Å². The molecule has 0 heterocycles. The molecule has 1 rings (SSSR count). The molecule has 23 heavy (non-hydrogen) atoms. The van der Waals surface area contributed by atoms with E-state index in [0.29, 0.717) is 19.5 Å². The Morgan fingerprint density at radius 3 is 2.39 bits per heavy atom. The number of rotatable bonds is 9. The molecule has 0 N–H and O–H groups in total. The van der Waals surface area contributed by atoms with E-state index in [0.717, 1.165) is 37.1 Å². The topological polar surface area (TPSA) is 40.6 Å². The first-order valence-corrected chi connectivity index (χ1v) is 8.62. The summed E-state index contributed by atoms with van der Waals surface area (Å²) in [6.45, 7) is 9.60. The molecule has 0 fully saturated rings. The summed E-state index contributed by atoms with van der Waals surface area (Å²) >= 11 is 0. The van der Waals surface area contributed by atoms with Gasteiger partial charge in [-0.05, 0) is 38.0 Å². The fraction of sp³-hybridized carbons (Fsp3) is 0.579. The van der Waals surface area contributed by atoms with Gasteiger partial charge in [-0.1, -0.05) is 31.9 Å².